The van der Waals surface area contributed by atoms with E-state index >= 15 is 0 Å². The van der Waals surface area contributed by atoms with E-state index in [-0.39, 0.29) is 17.7 Å². The van der Waals surface area contributed by atoms with Gasteiger partial charge >= 0.3 is 0 Å². The summed E-state index contributed by atoms with van der Waals surface area (Å²) in [5.74, 6) is 1.08. The van der Waals surface area contributed by atoms with Gasteiger partial charge in [0.1, 0.15) is 0 Å². The lowest BCUT2D eigenvalue weighted by atomic mass is 9.96. The van der Waals surface area contributed by atoms with Gasteiger partial charge in [0.2, 0.25) is 11.8 Å². The fraction of sp³-hybridized carbons (Fsp3) is 0.350. The van der Waals surface area contributed by atoms with E-state index < -0.39 is 0 Å². The van der Waals surface area contributed by atoms with Gasteiger partial charge in [-0.3, -0.25) is 9.59 Å². The average Bonchev–Trinajstić information content (AvgIpc) is 3.24. The van der Waals surface area contributed by atoms with Crippen LogP contribution in [0, 0.1) is 5.92 Å². The number of hydrogen-bond acceptors (Lipinski definition) is 6. The zero-order valence-electron chi connectivity index (χ0n) is 15.9. The second kappa shape index (κ2) is 9.36. The molecule has 8 heteroatoms. The molecule has 1 saturated heterocycles. The van der Waals surface area contributed by atoms with Crippen molar-refractivity contribution in [2.24, 2.45) is 5.92 Å². The third kappa shape index (κ3) is 4.89. The summed E-state index contributed by atoms with van der Waals surface area (Å²) < 4.78 is 10.5. The Morgan fingerprint density at radius 2 is 1.96 bits per heavy atom. The predicted octanol–water partition coefficient (Wildman–Crippen LogP) is 3.05. The molecule has 0 aliphatic carbocycles. The number of carbonyl (C=O) groups is 2. The van der Waals surface area contributed by atoms with Gasteiger partial charge in [-0.25, -0.2) is 4.98 Å². The molecule has 1 N–H and O–H groups in total. The molecule has 1 aliphatic heterocycles. The fourth-order valence-electron chi connectivity index (χ4n) is 3.08. The zero-order chi connectivity index (χ0) is 19.9. The molecule has 0 bridgehead atoms. The van der Waals surface area contributed by atoms with Gasteiger partial charge in [0.05, 0.1) is 14.2 Å². The Bertz CT molecular complexity index is 843. The molecule has 28 heavy (non-hydrogen) atoms. The molecule has 0 atom stereocenters. The maximum atomic E-state index is 12.5. The van der Waals surface area contributed by atoms with Gasteiger partial charge in [-0.05, 0) is 36.6 Å². The Kier molecular flexibility index (Phi) is 6.65. The number of hydrogen-bond donors (Lipinski definition) is 1. The van der Waals surface area contributed by atoms with Crippen LogP contribution in [0.15, 0.2) is 35.9 Å². The molecule has 2 amide bonds. The van der Waals surface area contributed by atoms with Crippen molar-refractivity contribution < 1.29 is 19.1 Å². The first-order chi connectivity index (χ1) is 13.6. The summed E-state index contributed by atoms with van der Waals surface area (Å²) in [4.78, 5) is 30.6. The molecule has 0 unspecified atom stereocenters. The monoisotopic (exact) mass is 401 g/mol. The Labute approximate surface area is 168 Å². The summed E-state index contributed by atoms with van der Waals surface area (Å²) in [6.45, 7) is 1.12. The molecule has 1 aliphatic rings. The number of carbonyl (C=O) groups excluding carboxylic acids is 2. The number of thiazole rings is 1. The van der Waals surface area contributed by atoms with Crippen molar-refractivity contribution in [2.75, 3.05) is 32.6 Å². The Hall–Kier alpha value is -2.87. The summed E-state index contributed by atoms with van der Waals surface area (Å²) >= 11 is 1.40. The van der Waals surface area contributed by atoms with Crippen LogP contribution in [-0.4, -0.2) is 49.0 Å². The highest BCUT2D eigenvalue weighted by atomic mass is 32.1. The van der Waals surface area contributed by atoms with Crippen molar-refractivity contribution >= 4 is 34.4 Å². The molecular formula is C20H23N3O4S. The van der Waals surface area contributed by atoms with E-state index in [9.17, 15) is 9.59 Å². The average molecular weight is 401 g/mol. The van der Waals surface area contributed by atoms with E-state index in [0.717, 1.165) is 5.56 Å². The molecule has 1 fully saturated rings. The van der Waals surface area contributed by atoms with Crippen molar-refractivity contribution in [3.8, 4) is 11.5 Å². The smallest absolute Gasteiger partial charge is 0.246 e. The van der Waals surface area contributed by atoms with Crippen LogP contribution in [0.4, 0.5) is 5.13 Å². The quantitative estimate of drug-likeness (QED) is 0.753. The minimum Gasteiger partial charge on any atom is -0.493 e. The van der Waals surface area contributed by atoms with Crippen LogP contribution in [0.5, 0.6) is 11.5 Å². The number of methoxy groups -OCH3 is 2. The van der Waals surface area contributed by atoms with Crippen molar-refractivity contribution in [3.05, 3.63) is 41.4 Å². The summed E-state index contributed by atoms with van der Waals surface area (Å²) in [7, 11) is 3.16. The SMILES string of the molecule is COc1ccc(/C=C/C(=O)N2CCC(C(=O)Nc3nccs3)CC2)cc1OC. The summed E-state index contributed by atoms with van der Waals surface area (Å²) in [5, 5.41) is 5.26. The number of ether oxygens (including phenoxy) is 2. The Morgan fingerprint density at radius 3 is 2.61 bits per heavy atom. The molecule has 7 nitrogen and oxygen atoms in total. The molecule has 0 spiro atoms. The van der Waals surface area contributed by atoms with Crippen LogP contribution < -0.4 is 14.8 Å². The number of benzene rings is 1. The topological polar surface area (TPSA) is 80.8 Å². The second-order valence-electron chi connectivity index (χ2n) is 6.37. The van der Waals surface area contributed by atoms with E-state index in [1.165, 1.54) is 11.3 Å². The number of rotatable bonds is 6. The summed E-state index contributed by atoms with van der Waals surface area (Å²) in [6, 6.07) is 5.48. The van der Waals surface area contributed by atoms with Gasteiger partial charge in [-0.1, -0.05) is 6.07 Å². The minimum absolute atomic E-state index is 0.0251. The first kappa shape index (κ1) is 19.9. The Balaban J connectivity index is 1.52. The molecule has 148 valence electrons. The molecule has 2 heterocycles. The van der Waals surface area contributed by atoms with Crippen molar-refractivity contribution in [3.63, 3.8) is 0 Å². The van der Waals surface area contributed by atoms with Crippen molar-refractivity contribution in [1.29, 1.82) is 0 Å². The highest BCUT2D eigenvalue weighted by molar-refractivity contribution is 7.13. The molecule has 0 saturated carbocycles. The van der Waals surface area contributed by atoms with E-state index in [4.69, 9.17) is 9.47 Å². The van der Waals surface area contributed by atoms with E-state index in [2.05, 4.69) is 10.3 Å². The van der Waals surface area contributed by atoms with Gasteiger partial charge in [0.15, 0.2) is 16.6 Å². The van der Waals surface area contributed by atoms with Crippen molar-refractivity contribution in [2.45, 2.75) is 12.8 Å². The van der Waals surface area contributed by atoms with Crippen LogP contribution in [0.1, 0.15) is 18.4 Å². The summed E-state index contributed by atoms with van der Waals surface area (Å²) in [6.07, 6.45) is 6.26. The number of aromatic nitrogens is 1. The summed E-state index contributed by atoms with van der Waals surface area (Å²) in [5.41, 5.74) is 0.851. The van der Waals surface area contributed by atoms with Gasteiger partial charge < -0.3 is 19.7 Å². The number of piperidine rings is 1. The molecule has 2 aromatic rings. The minimum atomic E-state index is -0.0946. The Morgan fingerprint density at radius 1 is 1.21 bits per heavy atom. The van der Waals surface area contributed by atoms with Crippen LogP contribution in [0.2, 0.25) is 0 Å². The third-order valence-corrected chi connectivity index (χ3v) is 5.35. The number of likely N-dealkylation sites (tertiary alicyclic amines) is 1. The first-order valence-corrected chi connectivity index (χ1v) is 9.88. The van der Waals surface area contributed by atoms with Crippen LogP contribution in [-0.2, 0) is 9.59 Å². The second-order valence-corrected chi connectivity index (χ2v) is 7.27. The predicted molar refractivity (Wildman–Crippen MR) is 109 cm³/mol. The van der Waals surface area contributed by atoms with Gasteiger partial charge in [-0.2, -0.15) is 0 Å². The standard InChI is InChI=1S/C20H23N3O4S/c1-26-16-5-3-14(13-17(16)27-2)4-6-18(24)23-10-7-15(8-11-23)19(25)22-20-21-9-12-28-20/h3-6,9,12-13,15H,7-8,10-11H2,1-2H3,(H,21,22,25)/b6-4+. The first-order valence-electron chi connectivity index (χ1n) is 9.00. The molecule has 1 aromatic heterocycles. The van der Waals surface area contributed by atoms with Crippen molar-refractivity contribution in [1.82, 2.24) is 9.88 Å². The fourth-order valence-corrected chi connectivity index (χ4v) is 3.62. The lowest BCUT2D eigenvalue weighted by Gasteiger charge is -2.30. The number of amides is 2. The lowest BCUT2D eigenvalue weighted by molar-refractivity contribution is -0.130. The molecule has 3 rings (SSSR count). The highest BCUT2D eigenvalue weighted by Gasteiger charge is 2.26. The van der Waals surface area contributed by atoms with Crippen LogP contribution >= 0.6 is 11.3 Å². The maximum Gasteiger partial charge on any atom is 0.246 e. The third-order valence-electron chi connectivity index (χ3n) is 4.67. The van der Waals surface area contributed by atoms with Gasteiger partial charge in [-0.15, -0.1) is 11.3 Å². The number of nitrogens with zero attached hydrogens (tertiary/aromatic N) is 2. The van der Waals surface area contributed by atoms with Gasteiger partial charge in [0, 0.05) is 36.7 Å². The van der Waals surface area contributed by atoms with Crippen LogP contribution in [0.25, 0.3) is 6.08 Å². The van der Waals surface area contributed by atoms with Crippen LogP contribution in [0.3, 0.4) is 0 Å². The van der Waals surface area contributed by atoms with E-state index in [0.29, 0.717) is 42.6 Å². The molecule has 0 radical (unpaired) electrons. The molecular weight excluding hydrogens is 378 g/mol. The van der Waals surface area contributed by atoms with E-state index in [1.54, 1.807) is 43.5 Å². The molecule has 1 aromatic carbocycles. The normalized spacial score (nSPS) is 14.9. The largest absolute Gasteiger partial charge is 0.493 e. The van der Waals surface area contributed by atoms with E-state index in [1.807, 2.05) is 17.5 Å². The zero-order valence-corrected chi connectivity index (χ0v) is 16.7. The highest BCUT2D eigenvalue weighted by Crippen LogP contribution is 2.28. The number of nitrogens with one attached hydrogen (secondary N) is 1. The maximum absolute atomic E-state index is 12.5. The van der Waals surface area contributed by atoms with Gasteiger partial charge in [0.25, 0.3) is 0 Å². The number of anilines is 1. The lowest BCUT2D eigenvalue weighted by Crippen LogP contribution is -2.40.